The number of anilines is 1. The maximum Gasteiger partial charge on any atom is 0.282 e. The number of nitro groups is 1. The zero-order chi connectivity index (χ0) is 18.5. The molecule has 0 aromatic heterocycles. The molecule has 26 heavy (non-hydrogen) atoms. The maximum atomic E-state index is 12.2. The second-order valence-electron chi connectivity index (χ2n) is 5.53. The van der Waals surface area contributed by atoms with Gasteiger partial charge in [0.1, 0.15) is 5.56 Å². The van der Waals surface area contributed by atoms with E-state index in [1.165, 1.54) is 24.3 Å². The Morgan fingerprint density at radius 2 is 1.62 bits per heavy atom. The summed E-state index contributed by atoms with van der Waals surface area (Å²) in [5.74, 6) is -1.10. The topological polar surface area (TPSA) is 101 Å². The highest BCUT2D eigenvalue weighted by Gasteiger charge is 2.19. The van der Waals surface area contributed by atoms with Crippen LogP contribution in [0.1, 0.15) is 10.4 Å². The van der Waals surface area contributed by atoms with E-state index in [2.05, 4.69) is 10.6 Å². The number of carbonyl (C=O) groups is 2. The number of fused-ring (bicyclic) bond motifs is 1. The highest BCUT2D eigenvalue weighted by molar-refractivity contribution is 6.05. The fraction of sp³-hybridized carbons (Fsp3) is 0.0526. The van der Waals surface area contributed by atoms with E-state index in [0.29, 0.717) is 5.69 Å². The van der Waals surface area contributed by atoms with Gasteiger partial charge in [0.05, 0.1) is 11.5 Å². The smallest absolute Gasteiger partial charge is 0.282 e. The average Bonchev–Trinajstić information content (AvgIpc) is 2.66. The van der Waals surface area contributed by atoms with Crippen LogP contribution in [-0.4, -0.2) is 23.3 Å². The summed E-state index contributed by atoms with van der Waals surface area (Å²) >= 11 is 0. The Hall–Kier alpha value is -3.74. The van der Waals surface area contributed by atoms with Crippen LogP contribution < -0.4 is 10.6 Å². The lowest BCUT2D eigenvalue weighted by Gasteiger charge is -2.09. The number of rotatable bonds is 5. The molecule has 7 nitrogen and oxygen atoms in total. The van der Waals surface area contributed by atoms with Gasteiger partial charge in [0.25, 0.3) is 11.6 Å². The highest BCUT2D eigenvalue weighted by atomic mass is 16.6. The molecule has 0 aliphatic rings. The Kier molecular flexibility index (Phi) is 4.89. The van der Waals surface area contributed by atoms with Gasteiger partial charge in [-0.15, -0.1) is 0 Å². The first-order valence-corrected chi connectivity index (χ1v) is 7.85. The molecule has 0 unspecified atom stereocenters. The number of amides is 2. The molecule has 0 radical (unpaired) electrons. The quantitative estimate of drug-likeness (QED) is 0.546. The lowest BCUT2D eigenvalue weighted by molar-refractivity contribution is -0.385. The van der Waals surface area contributed by atoms with Gasteiger partial charge in [-0.25, -0.2) is 0 Å². The number of benzene rings is 3. The number of nitrogens with zero attached hydrogens (tertiary/aromatic N) is 1. The van der Waals surface area contributed by atoms with Crippen LogP contribution in [-0.2, 0) is 4.79 Å². The Morgan fingerprint density at radius 3 is 2.42 bits per heavy atom. The molecule has 0 atom stereocenters. The zero-order valence-corrected chi connectivity index (χ0v) is 13.6. The number of para-hydroxylation sites is 1. The van der Waals surface area contributed by atoms with Crippen LogP contribution in [0.2, 0.25) is 0 Å². The fourth-order valence-electron chi connectivity index (χ4n) is 2.61. The first-order valence-electron chi connectivity index (χ1n) is 7.85. The number of nitro benzene ring substituents is 1. The van der Waals surface area contributed by atoms with Crippen molar-refractivity contribution in [1.82, 2.24) is 5.32 Å². The lowest BCUT2D eigenvalue weighted by Crippen LogP contribution is -2.33. The minimum Gasteiger partial charge on any atom is -0.343 e. The minimum atomic E-state index is -0.676. The third-order valence-electron chi connectivity index (χ3n) is 3.82. The summed E-state index contributed by atoms with van der Waals surface area (Å²) in [4.78, 5) is 34.6. The summed E-state index contributed by atoms with van der Waals surface area (Å²) in [6.07, 6.45) is 0. The van der Waals surface area contributed by atoms with E-state index >= 15 is 0 Å². The van der Waals surface area contributed by atoms with Crippen LogP contribution in [0.5, 0.6) is 0 Å². The predicted molar refractivity (Wildman–Crippen MR) is 98.0 cm³/mol. The highest BCUT2D eigenvalue weighted by Crippen LogP contribution is 2.22. The van der Waals surface area contributed by atoms with Gasteiger partial charge in [0.2, 0.25) is 5.91 Å². The molecule has 0 saturated heterocycles. The Balaban J connectivity index is 1.68. The number of nitrogens with one attached hydrogen (secondary N) is 2. The van der Waals surface area contributed by atoms with Crippen molar-refractivity contribution in [1.29, 1.82) is 0 Å². The van der Waals surface area contributed by atoms with Crippen LogP contribution in [0.25, 0.3) is 10.8 Å². The largest absolute Gasteiger partial charge is 0.343 e. The van der Waals surface area contributed by atoms with Crippen molar-refractivity contribution in [2.75, 3.05) is 11.9 Å². The molecule has 0 heterocycles. The van der Waals surface area contributed by atoms with Crippen LogP contribution in [0.3, 0.4) is 0 Å². The van der Waals surface area contributed by atoms with Gasteiger partial charge in [-0.2, -0.15) is 0 Å². The van der Waals surface area contributed by atoms with E-state index in [-0.39, 0.29) is 17.8 Å². The average molecular weight is 349 g/mol. The maximum absolute atomic E-state index is 12.2. The Labute approximate surface area is 148 Å². The Bertz CT molecular complexity index is 996. The third kappa shape index (κ3) is 3.67. The number of hydrogen-bond acceptors (Lipinski definition) is 4. The molecular formula is C19H15N3O4. The molecule has 2 amide bonds. The molecular weight excluding hydrogens is 334 g/mol. The van der Waals surface area contributed by atoms with Crippen molar-refractivity contribution in [3.8, 4) is 0 Å². The molecule has 7 heteroatoms. The summed E-state index contributed by atoms with van der Waals surface area (Å²) in [7, 11) is 0. The van der Waals surface area contributed by atoms with Gasteiger partial charge >= 0.3 is 0 Å². The molecule has 2 N–H and O–H groups in total. The summed E-state index contributed by atoms with van der Waals surface area (Å²) in [6.45, 7) is -0.298. The van der Waals surface area contributed by atoms with E-state index in [1.807, 2.05) is 36.4 Å². The monoisotopic (exact) mass is 349 g/mol. The van der Waals surface area contributed by atoms with E-state index < -0.39 is 16.7 Å². The number of carbonyl (C=O) groups excluding carboxylic acids is 2. The van der Waals surface area contributed by atoms with Crippen molar-refractivity contribution in [3.05, 3.63) is 82.4 Å². The normalized spacial score (nSPS) is 10.3. The minimum absolute atomic E-state index is 0.0875. The van der Waals surface area contributed by atoms with E-state index in [4.69, 9.17) is 0 Å². The van der Waals surface area contributed by atoms with Crippen molar-refractivity contribution in [3.63, 3.8) is 0 Å². The standard InChI is InChI=1S/C19H15N3O4/c23-18(21-16-10-5-7-13-6-1-2-8-14(13)16)12-20-19(24)15-9-3-4-11-17(15)22(25)26/h1-11H,12H2,(H,20,24)(H,21,23). The summed E-state index contributed by atoms with van der Waals surface area (Å²) in [5.41, 5.74) is 0.239. The molecule has 0 aliphatic carbocycles. The SMILES string of the molecule is O=C(CNC(=O)c1ccccc1[N+](=O)[O-])Nc1cccc2ccccc12. The molecule has 130 valence electrons. The van der Waals surface area contributed by atoms with Gasteiger partial charge in [0, 0.05) is 17.1 Å². The van der Waals surface area contributed by atoms with Gasteiger partial charge < -0.3 is 10.6 Å². The van der Waals surface area contributed by atoms with Crippen LogP contribution in [0, 0.1) is 10.1 Å². The molecule has 0 aliphatic heterocycles. The van der Waals surface area contributed by atoms with Gasteiger partial charge in [-0.1, -0.05) is 48.5 Å². The first kappa shape index (κ1) is 17.1. The van der Waals surface area contributed by atoms with Gasteiger partial charge in [-0.05, 0) is 17.5 Å². The lowest BCUT2D eigenvalue weighted by atomic mass is 10.1. The van der Waals surface area contributed by atoms with Crippen LogP contribution in [0.15, 0.2) is 66.7 Å². The van der Waals surface area contributed by atoms with Gasteiger partial charge in [0.15, 0.2) is 0 Å². The van der Waals surface area contributed by atoms with E-state index in [1.54, 1.807) is 6.07 Å². The summed E-state index contributed by atoms with van der Waals surface area (Å²) < 4.78 is 0. The second kappa shape index (κ2) is 7.43. The van der Waals surface area contributed by atoms with Gasteiger partial charge in [-0.3, -0.25) is 19.7 Å². The van der Waals surface area contributed by atoms with Crippen molar-refractivity contribution >= 4 is 34.0 Å². The van der Waals surface area contributed by atoms with Crippen molar-refractivity contribution in [2.45, 2.75) is 0 Å². The third-order valence-corrected chi connectivity index (χ3v) is 3.82. The summed E-state index contributed by atoms with van der Waals surface area (Å²) in [5, 5.41) is 18.0. The zero-order valence-electron chi connectivity index (χ0n) is 13.6. The summed E-state index contributed by atoms with van der Waals surface area (Å²) in [6, 6.07) is 18.7. The number of hydrogen-bond donors (Lipinski definition) is 2. The predicted octanol–water partition coefficient (Wildman–Crippen LogP) is 3.12. The molecule has 3 rings (SSSR count). The molecule has 0 saturated carbocycles. The fourth-order valence-corrected chi connectivity index (χ4v) is 2.61. The molecule has 0 fully saturated rings. The molecule has 3 aromatic carbocycles. The van der Waals surface area contributed by atoms with E-state index in [9.17, 15) is 19.7 Å². The van der Waals surface area contributed by atoms with E-state index in [0.717, 1.165) is 10.8 Å². The first-order chi connectivity index (χ1) is 12.6. The Morgan fingerprint density at radius 1 is 0.923 bits per heavy atom. The molecule has 3 aromatic rings. The van der Waals surface area contributed by atoms with Crippen molar-refractivity contribution < 1.29 is 14.5 Å². The van der Waals surface area contributed by atoms with Crippen LogP contribution in [0.4, 0.5) is 11.4 Å². The molecule has 0 spiro atoms. The van der Waals surface area contributed by atoms with Crippen molar-refractivity contribution in [2.24, 2.45) is 0 Å². The van der Waals surface area contributed by atoms with Crippen LogP contribution >= 0.6 is 0 Å². The molecule has 0 bridgehead atoms. The second-order valence-corrected chi connectivity index (χ2v) is 5.53.